The molecule has 0 N–H and O–H groups in total. The number of aryl methyl sites for hydroxylation is 1. The first-order valence-corrected chi connectivity index (χ1v) is 8.11. The summed E-state index contributed by atoms with van der Waals surface area (Å²) in [6.45, 7) is 2.15. The molecule has 0 bridgehead atoms. The SMILES string of the molecule is CCOC(=O)CCCn1nc(-c2ccnc(C(F)(F)F)c2)cc1C(=O)OC. The van der Waals surface area contributed by atoms with E-state index in [0.717, 1.165) is 12.3 Å². The number of ether oxygens (including phenoxy) is 2. The number of hydrogen-bond donors (Lipinski definition) is 0. The second kappa shape index (κ2) is 8.65. The number of rotatable bonds is 7. The van der Waals surface area contributed by atoms with E-state index >= 15 is 0 Å². The van der Waals surface area contributed by atoms with Crippen LogP contribution in [-0.4, -0.2) is 40.4 Å². The van der Waals surface area contributed by atoms with Crippen molar-refractivity contribution in [1.29, 1.82) is 0 Å². The summed E-state index contributed by atoms with van der Waals surface area (Å²) in [5.74, 6) is -1.07. The molecule has 2 rings (SSSR count). The maximum atomic E-state index is 12.8. The van der Waals surface area contributed by atoms with Crippen molar-refractivity contribution in [2.75, 3.05) is 13.7 Å². The first-order chi connectivity index (χ1) is 12.8. The average Bonchev–Trinajstić information content (AvgIpc) is 3.05. The molecule has 0 saturated heterocycles. The van der Waals surface area contributed by atoms with Gasteiger partial charge in [0.1, 0.15) is 11.4 Å². The number of hydrogen-bond acceptors (Lipinski definition) is 6. The number of carbonyl (C=O) groups is 2. The molecular formula is C17H18F3N3O4. The van der Waals surface area contributed by atoms with Crippen LogP contribution < -0.4 is 0 Å². The van der Waals surface area contributed by atoms with Gasteiger partial charge in [-0.2, -0.15) is 18.3 Å². The van der Waals surface area contributed by atoms with E-state index < -0.39 is 17.8 Å². The normalized spacial score (nSPS) is 11.3. The maximum absolute atomic E-state index is 12.8. The van der Waals surface area contributed by atoms with Crippen molar-refractivity contribution >= 4 is 11.9 Å². The van der Waals surface area contributed by atoms with Crippen molar-refractivity contribution in [2.24, 2.45) is 0 Å². The number of carbonyl (C=O) groups excluding carboxylic acids is 2. The lowest BCUT2D eigenvalue weighted by Gasteiger charge is -2.06. The highest BCUT2D eigenvalue weighted by Crippen LogP contribution is 2.30. The Morgan fingerprint density at radius 1 is 1.26 bits per heavy atom. The monoisotopic (exact) mass is 385 g/mol. The van der Waals surface area contributed by atoms with Gasteiger partial charge in [0.15, 0.2) is 0 Å². The van der Waals surface area contributed by atoms with Crippen LogP contribution in [0.25, 0.3) is 11.3 Å². The molecule has 0 aliphatic heterocycles. The standard InChI is InChI=1S/C17H18F3N3O4/c1-3-27-15(24)5-4-8-23-13(16(25)26-2)10-12(22-23)11-6-7-21-14(9-11)17(18,19)20/h6-7,9-10H,3-5,8H2,1-2H3. The highest BCUT2D eigenvalue weighted by molar-refractivity contribution is 5.89. The largest absolute Gasteiger partial charge is 0.466 e. The summed E-state index contributed by atoms with van der Waals surface area (Å²) in [6.07, 6.45) is -3.11. The fraction of sp³-hybridized carbons (Fsp3) is 0.412. The molecule has 0 spiro atoms. The molecule has 2 aromatic rings. The van der Waals surface area contributed by atoms with E-state index in [4.69, 9.17) is 4.74 Å². The molecule has 146 valence electrons. The van der Waals surface area contributed by atoms with E-state index in [9.17, 15) is 22.8 Å². The molecule has 10 heteroatoms. The van der Waals surface area contributed by atoms with Gasteiger partial charge in [0.2, 0.25) is 0 Å². The summed E-state index contributed by atoms with van der Waals surface area (Å²) in [5.41, 5.74) is -0.663. The quantitative estimate of drug-likeness (QED) is 0.681. The highest BCUT2D eigenvalue weighted by Gasteiger charge is 2.32. The van der Waals surface area contributed by atoms with E-state index in [1.807, 2.05) is 0 Å². The third-order valence-corrected chi connectivity index (χ3v) is 3.58. The predicted octanol–water partition coefficient (Wildman–Crippen LogP) is 3.09. The molecule has 27 heavy (non-hydrogen) atoms. The number of esters is 2. The van der Waals surface area contributed by atoms with Crippen molar-refractivity contribution in [3.8, 4) is 11.3 Å². The minimum Gasteiger partial charge on any atom is -0.466 e. The molecule has 0 fully saturated rings. The van der Waals surface area contributed by atoms with Gasteiger partial charge in [-0.05, 0) is 31.5 Å². The zero-order chi connectivity index (χ0) is 20.0. The Kier molecular flexibility index (Phi) is 6.54. The Bertz CT molecular complexity index is 818. The second-order valence-corrected chi connectivity index (χ2v) is 5.47. The topological polar surface area (TPSA) is 83.3 Å². The number of methoxy groups -OCH3 is 1. The molecule has 2 aromatic heterocycles. The van der Waals surface area contributed by atoms with Gasteiger partial charge >= 0.3 is 18.1 Å². The van der Waals surface area contributed by atoms with Gasteiger partial charge in [-0.25, -0.2) is 4.79 Å². The van der Waals surface area contributed by atoms with Crippen LogP contribution in [0.5, 0.6) is 0 Å². The van der Waals surface area contributed by atoms with Crippen molar-refractivity contribution in [1.82, 2.24) is 14.8 Å². The number of halogens is 3. The summed E-state index contributed by atoms with van der Waals surface area (Å²) >= 11 is 0. The smallest absolute Gasteiger partial charge is 0.433 e. The van der Waals surface area contributed by atoms with Gasteiger partial charge in [0.05, 0.1) is 19.4 Å². The lowest BCUT2D eigenvalue weighted by Crippen LogP contribution is -2.13. The fourth-order valence-electron chi connectivity index (χ4n) is 2.35. The third kappa shape index (κ3) is 5.28. The maximum Gasteiger partial charge on any atom is 0.433 e. The molecule has 0 aromatic carbocycles. The molecule has 0 radical (unpaired) electrons. The van der Waals surface area contributed by atoms with E-state index in [0.29, 0.717) is 6.42 Å². The first-order valence-electron chi connectivity index (χ1n) is 8.11. The van der Waals surface area contributed by atoms with Gasteiger partial charge in [-0.15, -0.1) is 0 Å². The van der Waals surface area contributed by atoms with Crippen LogP contribution in [0, 0.1) is 0 Å². The van der Waals surface area contributed by atoms with Crippen molar-refractivity contribution in [3.05, 3.63) is 35.8 Å². The van der Waals surface area contributed by atoms with Gasteiger partial charge in [-0.1, -0.05) is 0 Å². The van der Waals surface area contributed by atoms with Crippen LogP contribution in [0.4, 0.5) is 13.2 Å². The zero-order valence-electron chi connectivity index (χ0n) is 14.7. The van der Waals surface area contributed by atoms with E-state index in [2.05, 4.69) is 14.8 Å². The Morgan fingerprint density at radius 2 is 2.00 bits per heavy atom. The average molecular weight is 385 g/mol. The summed E-state index contributed by atoms with van der Waals surface area (Å²) in [5, 5.41) is 4.18. The number of alkyl halides is 3. The van der Waals surface area contributed by atoms with Crippen LogP contribution in [0.3, 0.4) is 0 Å². The van der Waals surface area contributed by atoms with Crippen molar-refractivity contribution in [3.63, 3.8) is 0 Å². The van der Waals surface area contributed by atoms with E-state index in [-0.39, 0.29) is 42.5 Å². The zero-order valence-corrected chi connectivity index (χ0v) is 14.7. The molecule has 0 amide bonds. The molecule has 7 nitrogen and oxygen atoms in total. The van der Waals surface area contributed by atoms with Gasteiger partial charge < -0.3 is 9.47 Å². The lowest BCUT2D eigenvalue weighted by atomic mass is 10.1. The fourth-order valence-corrected chi connectivity index (χ4v) is 2.35. The molecule has 0 unspecified atom stereocenters. The van der Waals surface area contributed by atoms with E-state index in [1.165, 1.54) is 23.9 Å². The highest BCUT2D eigenvalue weighted by atomic mass is 19.4. The number of aromatic nitrogens is 3. The van der Waals surface area contributed by atoms with Gasteiger partial charge in [-0.3, -0.25) is 14.5 Å². The summed E-state index contributed by atoms with van der Waals surface area (Å²) in [6, 6.07) is 3.56. The van der Waals surface area contributed by atoms with Gasteiger partial charge in [0, 0.05) is 24.7 Å². The van der Waals surface area contributed by atoms with Crippen molar-refractivity contribution in [2.45, 2.75) is 32.5 Å². The Labute approximate surface area is 153 Å². The molecule has 2 heterocycles. The van der Waals surface area contributed by atoms with Crippen LogP contribution in [0.1, 0.15) is 35.9 Å². The van der Waals surface area contributed by atoms with Crippen LogP contribution >= 0.6 is 0 Å². The molecule has 0 saturated carbocycles. The van der Waals surface area contributed by atoms with Crippen LogP contribution in [0.15, 0.2) is 24.4 Å². The molecule has 0 aliphatic rings. The second-order valence-electron chi connectivity index (χ2n) is 5.47. The molecule has 0 atom stereocenters. The Balaban J connectivity index is 2.27. The Hall–Kier alpha value is -2.91. The van der Waals surface area contributed by atoms with Crippen molar-refractivity contribution < 1.29 is 32.2 Å². The van der Waals surface area contributed by atoms with Gasteiger partial charge in [0.25, 0.3) is 0 Å². The first kappa shape index (κ1) is 20.4. The summed E-state index contributed by atoms with van der Waals surface area (Å²) < 4.78 is 49.4. The third-order valence-electron chi connectivity index (χ3n) is 3.58. The number of nitrogens with zero attached hydrogens (tertiary/aromatic N) is 3. The minimum atomic E-state index is -4.59. The lowest BCUT2D eigenvalue weighted by molar-refractivity contribution is -0.143. The summed E-state index contributed by atoms with van der Waals surface area (Å²) in [4.78, 5) is 26.6. The Morgan fingerprint density at radius 3 is 2.63 bits per heavy atom. The minimum absolute atomic E-state index is 0.0710. The predicted molar refractivity (Wildman–Crippen MR) is 87.7 cm³/mol. The molecule has 0 aliphatic carbocycles. The molecular weight excluding hydrogens is 367 g/mol. The number of pyridine rings is 1. The van der Waals surface area contributed by atoms with E-state index in [1.54, 1.807) is 6.92 Å². The van der Waals surface area contributed by atoms with Crippen LogP contribution in [0.2, 0.25) is 0 Å². The summed E-state index contributed by atoms with van der Waals surface area (Å²) in [7, 11) is 1.19. The van der Waals surface area contributed by atoms with Crippen LogP contribution in [-0.2, 0) is 27.0 Å².